The monoisotopic (exact) mass is 144 g/mol. The second-order valence-electron chi connectivity index (χ2n) is 2.79. The van der Waals surface area contributed by atoms with Gasteiger partial charge in [-0.2, -0.15) is 0 Å². The van der Waals surface area contributed by atoms with E-state index in [4.69, 9.17) is 5.73 Å². The SMILES string of the molecule is CCCC(CCN)CNC. The summed E-state index contributed by atoms with van der Waals surface area (Å²) >= 11 is 0. The standard InChI is InChI=1S/C8H20N2/c1-3-4-8(5-6-9)7-10-2/h8,10H,3-7,9H2,1-2H3. The summed E-state index contributed by atoms with van der Waals surface area (Å²) in [7, 11) is 2.00. The molecule has 2 nitrogen and oxygen atoms in total. The van der Waals surface area contributed by atoms with Crippen LogP contribution >= 0.6 is 0 Å². The van der Waals surface area contributed by atoms with Crippen molar-refractivity contribution in [1.82, 2.24) is 5.32 Å². The normalized spacial score (nSPS) is 13.5. The minimum absolute atomic E-state index is 0.792. The average Bonchev–Trinajstić information content (AvgIpc) is 1.90. The zero-order valence-corrected chi connectivity index (χ0v) is 7.19. The molecule has 3 N–H and O–H groups in total. The summed E-state index contributed by atoms with van der Waals surface area (Å²) in [4.78, 5) is 0. The molecule has 0 radical (unpaired) electrons. The van der Waals surface area contributed by atoms with Crippen molar-refractivity contribution >= 4 is 0 Å². The first-order chi connectivity index (χ1) is 4.85. The lowest BCUT2D eigenvalue weighted by molar-refractivity contribution is 0.434. The minimum Gasteiger partial charge on any atom is -0.330 e. The van der Waals surface area contributed by atoms with E-state index in [2.05, 4.69) is 12.2 Å². The van der Waals surface area contributed by atoms with E-state index in [1.807, 2.05) is 7.05 Å². The number of rotatable bonds is 6. The Bertz CT molecular complexity index is 50.0. The van der Waals surface area contributed by atoms with Crippen LogP contribution in [-0.2, 0) is 0 Å². The van der Waals surface area contributed by atoms with Crippen molar-refractivity contribution in [2.45, 2.75) is 26.2 Å². The molecule has 0 aromatic rings. The zero-order valence-electron chi connectivity index (χ0n) is 7.19. The molecule has 10 heavy (non-hydrogen) atoms. The van der Waals surface area contributed by atoms with Gasteiger partial charge in [0, 0.05) is 0 Å². The van der Waals surface area contributed by atoms with E-state index in [1.165, 1.54) is 12.8 Å². The Labute approximate surface area is 64.2 Å². The molecule has 0 saturated heterocycles. The summed E-state index contributed by atoms with van der Waals surface area (Å²) in [5.74, 6) is 0.792. The van der Waals surface area contributed by atoms with Crippen LogP contribution in [0.4, 0.5) is 0 Å². The molecule has 0 aromatic carbocycles. The summed E-state index contributed by atoms with van der Waals surface area (Å²) in [5, 5.41) is 3.18. The van der Waals surface area contributed by atoms with Gasteiger partial charge in [0.05, 0.1) is 0 Å². The van der Waals surface area contributed by atoms with Gasteiger partial charge in [-0.25, -0.2) is 0 Å². The predicted molar refractivity (Wildman–Crippen MR) is 46.0 cm³/mol. The van der Waals surface area contributed by atoms with Crippen LogP contribution in [0.2, 0.25) is 0 Å². The second-order valence-corrected chi connectivity index (χ2v) is 2.79. The van der Waals surface area contributed by atoms with Crippen molar-refractivity contribution in [2.75, 3.05) is 20.1 Å². The number of hydrogen-bond donors (Lipinski definition) is 2. The van der Waals surface area contributed by atoms with E-state index in [0.717, 1.165) is 25.4 Å². The number of nitrogens with one attached hydrogen (secondary N) is 1. The van der Waals surface area contributed by atoms with Crippen molar-refractivity contribution in [3.8, 4) is 0 Å². The Morgan fingerprint density at radius 3 is 2.50 bits per heavy atom. The van der Waals surface area contributed by atoms with Crippen LogP contribution in [0.1, 0.15) is 26.2 Å². The molecule has 0 aliphatic rings. The molecule has 0 aromatic heterocycles. The van der Waals surface area contributed by atoms with Gasteiger partial charge in [-0.15, -0.1) is 0 Å². The molecule has 2 heteroatoms. The highest BCUT2D eigenvalue weighted by atomic mass is 14.8. The molecule has 0 amide bonds. The second kappa shape index (κ2) is 7.03. The van der Waals surface area contributed by atoms with Crippen LogP contribution in [-0.4, -0.2) is 20.1 Å². The van der Waals surface area contributed by atoms with Gasteiger partial charge in [-0.1, -0.05) is 13.3 Å². The van der Waals surface area contributed by atoms with Gasteiger partial charge in [-0.3, -0.25) is 0 Å². The maximum Gasteiger partial charge on any atom is -0.00230 e. The smallest absolute Gasteiger partial charge is 0.00230 e. The van der Waals surface area contributed by atoms with E-state index >= 15 is 0 Å². The molecule has 0 fully saturated rings. The highest BCUT2D eigenvalue weighted by Gasteiger charge is 2.03. The Hall–Kier alpha value is -0.0800. The minimum atomic E-state index is 0.792. The van der Waals surface area contributed by atoms with Crippen molar-refractivity contribution in [3.05, 3.63) is 0 Å². The third-order valence-corrected chi connectivity index (χ3v) is 1.76. The van der Waals surface area contributed by atoms with Gasteiger partial charge in [0.15, 0.2) is 0 Å². The number of nitrogens with two attached hydrogens (primary N) is 1. The zero-order chi connectivity index (χ0) is 7.82. The summed E-state index contributed by atoms with van der Waals surface area (Å²) in [6, 6.07) is 0. The van der Waals surface area contributed by atoms with Crippen molar-refractivity contribution in [2.24, 2.45) is 11.7 Å². The number of hydrogen-bond acceptors (Lipinski definition) is 2. The quantitative estimate of drug-likeness (QED) is 0.583. The van der Waals surface area contributed by atoms with Gasteiger partial charge >= 0.3 is 0 Å². The van der Waals surface area contributed by atoms with E-state index in [0.29, 0.717) is 0 Å². The lowest BCUT2D eigenvalue weighted by Crippen LogP contribution is -2.21. The van der Waals surface area contributed by atoms with Gasteiger partial charge < -0.3 is 11.1 Å². The third kappa shape index (κ3) is 4.77. The molecule has 0 saturated carbocycles. The lowest BCUT2D eigenvalue weighted by atomic mass is 10.0. The van der Waals surface area contributed by atoms with Crippen LogP contribution in [0.15, 0.2) is 0 Å². The lowest BCUT2D eigenvalue weighted by Gasteiger charge is -2.13. The fourth-order valence-corrected chi connectivity index (χ4v) is 1.28. The summed E-state index contributed by atoms with van der Waals surface area (Å²) in [5.41, 5.74) is 5.46. The first-order valence-corrected chi connectivity index (χ1v) is 4.19. The van der Waals surface area contributed by atoms with E-state index in [-0.39, 0.29) is 0 Å². The molecular formula is C8H20N2. The molecule has 0 aliphatic carbocycles. The van der Waals surface area contributed by atoms with Crippen molar-refractivity contribution in [3.63, 3.8) is 0 Å². The fourth-order valence-electron chi connectivity index (χ4n) is 1.28. The van der Waals surface area contributed by atoms with E-state index < -0.39 is 0 Å². The van der Waals surface area contributed by atoms with Gasteiger partial charge in [0.1, 0.15) is 0 Å². The van der Waals surface area contributed by atoms with Crippen molar-refractivity contribution in [1.29, 1.82) is 0 Å². The largest absolute Gasteiger partial charge is 0.330 e. The Kier molecular flexibility index (Phi) is 6.98. The van der Waals surface area contributed by atoms with Gasteiger partial charge in [0.25, 0.3) is 0 Å². The van der Waals surface area contributed by atoms with Crippen molar-refractivity contribution < 1.29 is 0 Å². The molecule has 0 spiro atoms. The van der Waals surface area contributed by atoms with Crippen LogP contribution in [0.3, 0.4) is 0 Å². The maximum atomic E-state index is 5.46. The molecule has 1 unspecified atom stereocenters. The summed E-state index contributed by atoms with van der Waals surface area (Å²) < 4.78 is 0. The van der Waals surface area contributed by atoms with E-state index in [1.54, 1.807) is 0 Å². The predicted octanol–water partition coefficient (Wildman–Crippen LogP) is 0.971. The van der Waals surface area contributed by atoms with Gasteiger partial charge in [0.2, 0.25) is 0 Å². The molecule has 62 valence electrons. The molecular weight excluding hydrogens is 124 g/mol. The van der Waals surface area contributed by atoms with Crippen LogP contribution < -0.4 is 11.1 Å². The average molecular weight is 144 g/mol. The molecule has 0 heterocycles. The third-order valence-electron chi connectivity index (χ3n) is 1.76. The fraction of sp³-hybridized carbons (Fsp3) is 1.00. The van der Waals surface area contributed by atoms with Gasteiger partial charge in [-0.05, 0) is 38.9 Å². The van der Waals surface area contributed by atoms with Crippen LogP contribution in [0.5, 0.6) is 0 Å². The molecule has 0 rings (SSSR count). The van der Waals surface area contributed by atoms with Crippen LogP contribution in [0, 0.1) is 5.92 Å². The Balaban J connectivity index is 3.30. The molecule has 1 atom stereocenters. The topological polar surface area (TPSA) is 38.0 Å². The summed E-state index contributed by atoms with van der Waals surface area (Å²) in [6.07, 6.45) is 3.74. The molecule has 0 aliphatic heterocycles. The van der Waals surface area contributed by atoms with E-state index in [9.17, 15) is 0 Å². The maximum absolute atomic E-state index is 5.46. The van der Waals surface area contributed by atoms with Crippen LogP contribution in [0.25, 0.3) is 0 Å². The highest BCUT2D eigenvalue weighted by Crippen LogP contribution is 2.08. The first-order valence-electron chi connectivity index (χ1n) is 4.19. The molecule has 0 bridgehead atoms. The summed E-state index contributed by atoms with van der Waals surface area (Å²) in [6.45, 7) is 4.16. The Morgan fingerprint density at radius 1 is 1.40 bits per heavy atom. The highest BCUT2D eigenvalue weighted by molar-refractivity contribution is 4.60. The first kappa shape index (κ1) is 9.92. The Morgan fingerprint density at radius 2 is 2.10 bits per heavy atom.